The number of carbonyl (C=O) groups is 2. The fourth-order valence-corrected chi connectivity index (χ4v) is 4.82. The first kappa shape index (κ1) is 21.0. The Bertz CT molecular complexity index is 1510. The first-order chi connectivity index (χ1) is 16.0. The molecule has 33 heavy (non-hydrogen) atoms. The SMILES string of the molecule is Cc1cc2nnc(SCC(=O)N[C@@H](Cc3c[nH]c4ccccc34)C(=O)O)n2c2ccccc12. The Kier molecular flexibility index (Phi) is 5.47. The lowest BCUT2D eigenvalue weighted by atomic mass is 10.1. The van der Waals surface area contributed by atoms with Gasteiger partial charge < -0.3 is 15.4 Å². The number of carbonyl (C=O) groups excluding carboxylic acids is 1. The van der Waals surface area contributed by atoms with Crippen molar-refractivity contribution in [2.24, 2.45) is 0 Å². The molecule has 166 valence electrons. The van der Waals surface area contributed by atoms with Crippen molar-refractivity contribution in [1.82, 2.24) is 24.9 Å². The van der Waals surface area contributed by atoms with Gasteiger partial charge in [0, 0.05) is 28.9 Å². The molecule has 1 amide bonds. The van der Waals surface area contributed by atoms with Crippen molar-refractivity contribution in [3.05, 3.63) is 71.9 Å². The molecule has 0 aliphatic rings. The maximum atomic E-state index is 12.6. The van der Waals surface area contributed by atoms with E-state index in [0.29, 0.717) is 10.8 Å². The molecule has 3 N–H and O–H groups in total. The smallest absolute Gasteiger partial charge is 0.326 e. The number of amides is 1. The number of aromatic nitrogens is 4. The summed E-state index contributed by atoms with van der Waals surface area (Å²) >= 11 is 1.23. The van der Waals surface area contributed by atoms with Crippen LogP contribution in [0.5, 0.6) is 0 Å². The van der Waals surface area contributed by atoms with E-state index >= 15 is 0 Å². The van der Waals surface area contributed by atoms with E-state index in [1.54, 1.807) is 6.20 Å². The molecule has 0 aliphatic carbocycles. The number of aromatic amines is 1. The monoisotopic (exact) mass is 459 g/mol. The van der Waals surface area contributed by atoms with Crippen LogP contribution in [0.1, 0.15) is 11.1 Å². The van der Waals surface area contributed by atoms with Gasteiger partial charge in [-0.05, 0) is 36.2 Å². The van der Waals surface area contributed by atoms with Crippen molar-refractivity contribution in [1.29, 1.82) is 0 Å². The number of aliphatic carboxylic acids is 1. The van der Waals surface area contributed by atoms with Crippen LogP contribution in [-0.2, 0) is 16.0 Å². The number of nitrogens with one attached hydrogen (secondary N) is 2. The zero-order chi connectivity index (χ0) is 22.9. The summed E-state index contributed by atoms with van der Waals surface area (Å²) in [5.74, 6) is -1.42. The van der Waals surface area contributed by atoms with E-state index in [2.05, 4.69) is 20.5 Å². The quantitative estimate of drug-likeness (QED) is 0.321. The minimum atomic E-state index is -1.08. The average Bonchev–Trinajstić information content (AvgIpc) is 3.41. The van der Waals surface area contributed by atoms with Crippen LogP contribution in [0.2, 0.25) is 0 Å². The molecule has 5 rings (SSSR count). The Morgan fingerprint density at radius 2 is 1.88 bits per heavy atom. The molecule has 0 radical (unpaired) electrons. The number of H-pyrrole nitrogens is 1. The Hall–Kier alpha value is -3.85. The molecule has 3 aromatic heterocycles. The average molecular weight is 460 g/mol. The van der Waals surface area contributed by atoms with Gasteiger partial charge in [-0.25, -0.2) is 4.79 Å². The molecule has 0 aliphatic heterocycles. The third kappa shape index (κ3) is 4.03. The van der Waals surface area contributed by atoms with Gasteiger partial charge in [-0.1, -0.05) is 48.2 Å². The predicted octanol–water partition coefficient (Wildman–Crippen LogP) is 3.58. The lowest BCUT2D eigenvalue weighted by Crippen LogP contribution is -2.43. The molecule has 3 heterocycles. The van der Waals surface area contributed by atoms with Crippen molar-refractivity contribution in [3.63, 3.8) is 0 Å². The van der Waals surface area contributed by atoms with E-state index in [4.69, 9.17) is 0 Å². The first-order valence-electron chi connectivity index (χ1n) is 10.4. The van der Waals surface area contributed by atoms with Crippen LogP contribution in [-0.4, -0.2) is 48.4 Å². The van der Waals surface area contributed by atoms with Crippen molar-refractivity contribution in [3.8, 4) is 0 Å². The van der Waals surface area contributed by atoms with E-state index in [1.807, 2.05) is 65.9 Å². The van der Waals surface area contributed by atoms with Crippen molar-refractivity contribution < 1.29 is 14.7 Å². The van der Waals surface area contributed by atoms with Crippen LogP contribution in [0.4, 0.5) is 0 Å². The van der Waals surface area contributed by atoms with E-state index < -0.39 is 12.0 Å². The van der Waals surface area contributed by atoms with Gasteiger partial charge in [0.2, 0.25) is 5.91 Å². The number of aryl methyl sites for hydroxylation is 1. The van der Waals surface area contributed by atoms with Gasteiger partial charge in [-0.15, -0.1) is 10.2 Å². The van der Waals surface area contributed by atoms with Crippen LogP contribution < -0.4 is 5.32 Å². The van der Waals surface area contributed by atoms with E-state index in [1.165, 1.54) is 11.8 Å². The highest BCUT2D eigenvalue weighted by Gasteiger charge is 2.22. The number of para-hydroxylation sites is 2. The number of hydrogen-bond acceptors (Lipinski definition) is 5. The van der Waals surface area contributed by atoms with Gasteiger partial charge in [0.05, 0.1) is 11.3 Å². The van der Waals surface area contributed by atoms with Crippen LogP contribution in [0.15, 0.2) is 66.0 Å². The Morgan fingerprint density at radius 1 is 1.12 bits per heavy atom. The number of carboxylic acids is 1. The number of fused-ring (bicyclic) bond motifs is 4. The summed E-state index contributed by atoms with van der Waals surface area (Å²) in [4.78, 5) is 27.6. The summed E-state index contributed by atoms with van der Waals surface area (Å²) in [6.45, 7) is 2.02. The highest BCUT2D eigenvalue weighted by molar-refractivity contribution is 7.99. The highest BCUT2D eigenvalue weighted by Crippen LogP contribution is 2.25. The van der Waals surface area contributed by atoms with Gasteiger partial charge >= 0.3 is 5.97 Å². The maximum absolute atomic E-state index is 12.6. The minimum absolute atomic E-state index is 0.0284. The number of pyridine rings is 1. The number of rotatable bonds is 7. The Balaban J connectivity index is 1.32. The van der Waals surface area contributed by atoms with Gasteiger partial charge in [-0.3, -0.25) is 9.20 Å². The molecular formula is C24H21N5O3S. The molecule has 0 unspecified atom stereocenters. The fraction of sp³-hybridized carbons (Fsp3) is 0.167. The molecule has 0 saturated heterocycles. The Labute approximate surface area is 193 Å². The molecule has 5 aromatic rings. The molecule has 2 aromatic carbocycles. The number of thioether (sulfide) groups is 1. The maximum Gasteiger partial charge on any atom is 0.326 e. The predicted molar refractivity (Wildman–Crippen MR) is 128 cm³/mol. The third-order valence-electron chi connectivity index (χ3n) is 5.64. The topological polar surface area (TPSA) is 112 Å². The number of nitrogens with zero attached hydrogens (tertiary/aromatic N) is 3. The lowest BCUT2D eigenvalue weighted by molar-refractivity contribution is -0.141. The van der Waals surface area contributed by atoms with Gasteiger partial charge in [0.25, 0.3) is 0 Å². The zero-order valence-corrected chi connectivity index (χ0v) is 18.6. The van der Waals surface area contributed by atoms with Crippen LogP contribution in [0.25, 0.3) is 27.5 Å². The molecule has 0 spiro atoms. The lowest BCUT2D eigenvalue weighted by Gasteiger charge is -2.14. The van der Waals surface area contributed by atoms with E-state index in [-0.39, 0.29) is 18.1 Å². The second-order valence-corrected chi connectivity index (χ2v) is 8.77. The summed E-state index contributed by atoms with van der Waals surface area (Å²) in [7, 11) is 0. The minimum Gasteiger partial charge on any atom is -0.480 e. The van der Waals surface area contributed by atoms with Crippen LogP contribution in [0.3, 0.4) is 0 Å². The molecular weight excluding hydrogens is 438 g/mol. The van der Waals surface area contributed by atoms with Gasteiger partial charge in [-0.2, -0.15) is 0 Å². The molecule has 0 saturated carbocycles. The number of hydrogen-bond donors (Lipinski definition) is 3. The number of carboxylic acid groups (broad SMARTS) is 1. The van der Waals surface area contributed by atoms with Crippen molar-refractivity contribution in [2.45, 2.75) is 24.5 Å². The first-order valence-corrected chi connectivity index (χ1v) is 11.4. The molecule has 1 atom stereocenters. The molecule has 8 nitrogen and oxygen atoms in total. The molecule has 9 heteroatoms. The molecule has 0 bridgehead atoms. The third-order valence-corrected chi connectivity index (χ3v) is 6.57. The van der Waals surface area contributed by atoms with Gasteiger partial charge in [0.15, 0.2) is 10.8 Å². The van der Waals surface area contributed by atoms with Crippen molar-refractivity contribution >= 4 is 51.1 Å². The summed E-state index contributed by atoms with van der Waals surface area (Å²) < 4.78 is 1.92. The second kappa shape index (κ2) is 8.59. The van der Waals surface area contributed by atoms with Gasteiger partial charge in [0.1, 0.15) is 6.04 Å². The molecule has 0 fully saturated rings. The highest BCUT2D eigenvalue weighted by atomic mass is 32.2. The largest absolute Gasteiger partial charge is 0.480 e. The fourth-order valence-electron chi connectivity index (χ4n) is 4.05. The summed E-state index contributed by atoms with van der Waals surface area (Å²) in [6, 6.07) is 16.6. The van der Waals surface area contributed by atoms with Crippen LogP contribution >= 0.6 is 11.8 Å². The number of benzene rings is 2. The van der Waals surface area contributed by atoms with E-state index in [0.717, 1.165) is 32.9 Å². The standard InChI is InChI=1S/C24H21N5O3S/c1-14-10-21-27-28-24(29(21)20-9-5-3-6-16(14)20)33-13-22(30)26-19(23(31)32)11-15-12-25-18-8-4-2-7-17(15)18/h2-10,12,19,25H,11,13H2,1H3,(H,26,30)(H,31,32)/t19-/m0/s1. The Morgan fingerprint density at radius 3 is 2.70 bits per heavy atom. The zero-order valence-electron chi connectivity index (χ0n) is 17.8. The van der Waals surface area contributed by atoms with Crippen LogP contribution in [0, 0.1) is 6.92 Å². The summed E-state index contributed by atoms with van der Waals surface area (Å²) in [5, 5.41) is 23.4. The summed E-state index contributed by atoms with van der Waals surface area (Å²) in [6.07, 6.45) is 1.98. The van der Waals surface area contributed by atoms with E-state index in [9.17, 15) is 14.7 Å². The second-order valence-electron chi connectivity index (χ2n) is 7.83. The van der Waals surface area contributed by atoms with Crippen molar-refractivity contribution in [2.75, 3.05) is 5.75 Å². The summed E-state index contributed by atoms with van der Waals surface area (Å²) in [5.41, 5.74) is 4.54. The normalized spacial score (nSPS) is 12.4.